The molecule has 0 aliphatic heterocycles. The summed E-state index contributed by atoms with van der Waals surface area (Å²) in [6, 6.07) is 7.79. The number of hydrogen-bond donors (Lipinski definition) is 0. The third-order valence-corrected chi connectivity index (χ3v) is 2.74. The van der Waals surface area contributed by atoms with Crippen molar-refractivity contribution in [3.63, 3.8) is 0 Å². The molecule has 0 N–H and O–H groups in total. The van der Waals surface area contributed by atoms with E-state index in [1.807, 2.05) is 36.6 Å². The van der Waals surface area contributed by atoms with Crippen molar-refractivity contribution in [2.24, 2.45) is 0 Å². The Bertz CT molecular complexity index is 457. The molecule has 1 aromatic rings. The first-order valence-electron chi connectivity index (χ1n) is 5.04. The molecule has 0 aliphatic carbocycles. The van der Waals surface area contributed by atoms with Crippen LogP contribution in [0.1, 0.15) is 11.1 Å². The minimum atomic E-state index is -0.395. The lowest BCUT2D eigenvalue weighted by atomic mass is 10.1. The fourth-order valence-electron chi connectivity index (χ4n) is 1.26. The molecule has 4 heteroatoms. The lowest BCUT2D eigenvalue weighted by Crippen LogP contribution is -2.06. The van der Waals surface area contributed by atoms with Gasteiger partial charge in [-0.2, -0.15) is 5.26 Å². The summed E-state index contributed by atoms with van der Waals surface area (Å²) in [6.45, 7) is 2.00. The van der Waals surface area contributed by atoms with E-state index in [1.165, 1.54) is 7.11 Å². The Morgan fingerprint density at radius 3 is 2.65 bits per heavy atom. The van der Waals surface area contributed by atoms with E-state index in [-0.39, 0.29) is 0 Å². The molecule has 0 spiro atoms. The SMILES string of the molecule is COC(=O)/C(=C/c1ccc(C)cc1)CSC#N. The van der Waals surface area contributed by atoms with Crippen LogP contribution >= 0.6 is 11.8 Å². The van der Waals surface area contributed by atoms with Gasteiger partial charge in [0.25, 0.3) is 0 Å². The van der Waals surface area contributed by atoms with Gasteiger partial charge in [-0.15, -0.1) is 0 Å². The molecule has 17 heavy (non-hydrogen) atoms. The lowest BCUT2D eigenvalue weighted by molar-refractivity contribution is -0.135. The van der Waals surface area contributed by atoms with Gasteiger partial charge in [-0.05, 0) is 30.3 Å². The van der Waals surface area contributed by atoms with Crippen molar-refractivity contribution < 1.29 is 9.53 Å². The molecule has 1 rings (SSSR count). The number of aryl methyl sites for hydroxylation is 1. The molecule has 0 aromatic heterocycles. The van der Waals surface area contributed by atoms with Gasteiger partial charge in [0.05, 0.1) is 7.11 Å². The van der Waals surface area contributed by atoms with Crippen molar-refractivity contribution in [1.29, 1.82) is 5.26 Å². The van der Waals surface area contributed by atoms with Gasteiger partial charge >= 0.3 is 5.97 Å². The largest absolute Gasteiger partial charge is 0.466 e. The first-order chi connectivity index (χ1) is 8.17. The topological polar surface area (TPSA) is 50.1 Å². The Balaban J connectivity index is 2.92. The number of nitrogens with zero attached hydrogens (tertiary/aromatic N) is 1. The Morgan fingerprint density at radius 1 is 1.47 bits per heavy atom. The Labute approximate surface area is 105 Å². The average Bonchev–Trinajstić information content (AvgIpc) is 2.36. The highest BCUT2D eigenvalue weighted by Gasteiger charge is 2.09. The minimum Gasteiger partial charge on any atom is -0.466 e. The summed E-state index contributed by atoms with van der Waals surface area (Å²) < 4.78 is 4.68. The van der Waals surface area contributed by atoms with Crippen LogP contribution in [0.3, 0.4) is 0 Å². The van der Waals surface area contributed by atoms with E-state index in [0.717, 1.165) is 22.9 Å². The molecule has 0 bridgehead atoms. The number of rotatable bonds is 4. The minimum absolute atomic E-state index is 0.330. The van der Waals surface area contributed by atoms with E-state index >= 15 is 0 Å². The van der Waals surface area contributed by atoms with Crippen LogP contribution in [0.25, 0.3) is 6.08 Å². The third kappa shape index (κ3) is 4.33. The van der Waals surface area contributed by atoms with E-state index in [9.17, 15) is 4.79 Å². The molecule has 0 radical (unpaired) electrons. The number of methoxy groups -OCH3 is 1. The van der Waals surface area contributed by atoms with E-state index in [2.05, 4.69) is 4.74 Å². The number of nitriles is 1. The highest BCUT2D eigenvalue weighted by atomic mass is 32.2. The van der Waals surface area contributed by atoms with Gasteiger partial charge in [-0.3, -0.25) is 0 Å². The molecule has 88 valence electrons. The molecule has 0 saturated carbocycles. The van der Waals surface area contributed by atoms with Crippen LogP contribution in [0.5, 0.6) is 0 Å². The maximum Gasteiger partial charge on any atom is 0.334 e. The predicted octanol–water partition coefficient (Wildman–Crippen LogP) is 2.77. The van der Waals surface area contributed by atoms with Crippen molar-refractivity contribution in [2.75, 3.05) is 12.9 Å². The van der Waals surface area contributed by atoms with Crippen LogP contribution in [0.4, 0.5) is 0 Å². The number of hydrogen-bond acceptors (Lipinski definition) is 4. The van der Waals surface area contributed by atoms with Gasteiger partial charge in [0.2, 0.25) is 0 Å². The fourth-order valence-corrected chi connectivity index (χ4v) is 1.69. The quantitative estimate of drug-likeness (QED) is 0.466. The molecule has 0 amide bonds. The summed E-state index contributed by atoms with van der Waals surface area (Å²) in [5, 5.41) is 10.4. The monoisotopic (exact) mass is 247 g/mol. The van der Waals surface area contributed by atoms with Crippen molar-refractivity contribution >= 4 is 23.8 Å². The molecular formula is C13H13NO2S. The van der Waals surface area contributed by atoms with Crippen molar-refractivity contribution in [3.8, 4) is 5.40 Å². The highest BCUT2D eigenvalue weighted by molar-refractivity contribution is 8.03. The average molecular weight is 247 g/mol. The summed E-state index contributed by atoms with van der Waals surface area (Å²) in [6.07, 6.45) is 1.75. The molecule has 3 nitrogen and oxygen atoms in total. The first kappa shape index (κ1) is 13.3. The number of esters is 1. The van der Waals surface area contributed by atoms with Gasteiger partial charge in [-0.25, -0.2) is 4.79 Å². The number of carbonyl (C=O) groups is 1. The summed E-state index contributed by atoms with van der Waals surface area (Å²) in [5.41, 5.74) is 2.57. The van der Waals surface area contributed by atoms with Crippen LogP contribution in [-0.4, -0.2) is 18.8 Å². The second-order valence-electron chi connectivity index (χ2n) is 3.45. The third-order valence-electron chi connectivity index (χ3n) is 2.16. The van der Waals surface area contributed by atoms with Crippen molar-refractivity contribution in [2.45, 2.75) is 6.92 Å². The van der Waals surface area contributed by atoms with Gasteiger partial charge in [0.15, 0.2) is 0 Å². The van der Waals surface area contributed by atoms with Gasteiger partial charge in [0.1, 0.15) is 5.40 Å². The van der Waals surface area contributed by atoms with E-state index in [1.54, 1.807) is 6.08 Å². The molecule has 0 atom stereocenters. The van der Waals surface area contributed by atoms with Gasteiger partial charge < -0.3 is 4.74 Å². The lowest BCUT2D eigenvalue weighted by Gasteiger charge is -2.03. The van der Waals surface area contributed by atoms with Crippen molar-refractivity contribution in [1.82, 2.24) is 0 Å². The molecule has 0 heterocycles. The normalized spacial score (nSPS) is 10.8. The number of thioether (sulfide) groups is 1. The zero-order valence-electron chi connectivity index (χ0n) is 9.77. The number of benzene rings is 1. The Morgan fingerprint density at radius 2 is 2.12 bits per heavy atom. The van der Waals surface area contributed by atoms with Crippen molar-refractivity contribution in [3.05, 3.63) is 41.0 Å². The second kappa shape index (κ2) is 6.77. The van der Waals surface area contributed by atoms with Crippen LogP contribution in [0.15, 0.2) is 29.8 Å². The smallest absolute Gasteiger partial charge is 0.334 e. The molecule has 1 aromatic carbocycles. The molecular weight excluding hydrogens is 234 g/mol. The predicted molar refractivity (Wildman–Crippen MR) is 69.2 cm³/mol. The second-order valence-corrected chi connectivity index (χ2v) is 4.21. The number of carbonyl (C=O) groups excluding carboxylic acids is 1. The molecule has 0 saturated heterocycles. The van der Waals surface area contributed by atoms with Gasteiger partial charge in [0, 0.05) is 11.3 Å². The number of ether oxygens (including phenoxy) is 1. The highest BCUT2D eigenvalue weighted by Crippen LogP contribution is 2.14. The fraction of sp³-hybridized carbons (Fsp3) is 0.231. The summed E-state index contributed by atoms with van der Waals surface area (Å²) in [4.78, 5) is 11.5. The number of thiocyanates is 1. The van der Waals surface area contributed by atoms with E-state index in [4.69, 9.17) is 5.26 Å². The maximum atomic E-state index is 11.5. The Kier molecular flexibility index (Phi) is 5.31. The maximum absolute atomic E-state index is 11.5. The summed E-state index contributed by atoms with van der Waals surface area (Å²) >= 11 is 1.02. The van der Waals surface area contributed by atoms with Crippen LogP contribution in [0, 0.1) is 17.6 Å². The van der Waals surface area contributed by atoms with Crippen LogP contribution in [-0.2, 0) is 9.53 Å². The van der Waals surface area contributed by atoms with Crippen LogP contribution in [0.2, 0.25) is 0 Å². The van der Waals surface area contributed by atoms with Crippen LogP contribution < -0.4 is 0 Å². The molecule has 0 fully saturated rings. The standard InChI is InChI=1S/C13H13NO2S/c1-10-3-5-11(6-4-10)7-12(8-17-9-14)13(15)16-2/h3-7H,8H2,1-2H3/b12-7+. The summed E-state index contributed by atoms with van der Waals surface area (Å²) in [5.74, 6) is -0.0647. The summed E-state index contributed by atoms with van der Waals surface area (Å²) in [7, 11) is 1.34. The van der Waals surface area contributed by atoms with E-state index in [0.29, 0.717) is 11.3 Å². The zero-order chi connectivity index (χ0) is 12.7. The Hall–Kier alpha value is -1.73. The van der Waals surface area contributed by atoms with Gasteiger partial charge in [-0.1, -0.05) is 29.8 Å². The zero-order valence-corrected chi connectivity index (χ0v) is 10.6. The van der Waals surface area contributed by atoms with E-state index < -0.39 is 5.97 Å². The molecule has 0 unspecified atom stereocenters. The first-order valence-corrected chi connectivity index (χ1v) is 6.02. The molecule has 0 aliphatic rings.